The van der Waals surface area contributed by atoms with Gasteiger partial charge in [-0.2, -0.15) is 5.10 Å². The van der Waals surface area contributed by atoms with Gasteiger partial charge in [-0.25, -0.2) is 14.5 Å². The van der Waals surface area contributed by atoms with E-state index in [0.29, 0.717) is 11.2 Å². The summed E-state index contributed by atoms with van der Waals surface area (Å²) in [7, 11) is 0. The van der Waals surface area contributed by atoms with Gasteiger partial charge in [0.05, 0.1) is 29.7 Å². The highest BCUT2D eigenvalue weighted by Gasteiger charge is 2.33. The molecule has 2 aromatic heterocycles. The number of hydrogen-bond donors (Lipinski definition) is 2. The molecule has 140 valence electrons. The summed E-state index contributed by atoms with van der Waals surface area (Å²) in [6.07, 6.45) is 5.81. The number of carboxylic acids is 1. The molecular formula is C20H21N3O4. The second-order valence-electron chi connectivity index (χ2n) is 7.22. The van der Waals surface area contributed by atoms with Crippen LogP contribution in [-0.4, -0.2) is 43.2 Å². The van der Waals surface area contributed by atoms with Crippen molar-refractivity contribution in [2.24, 2.45) is 0 Å². The van der Waals surface area contributed by atoms with Crippen LogP contribution >= 0.6 is 0 Å². The van der Waals surface area contributed by atoms with Crippen molar-refractivity contribution in [2.75, 3.05) is 6.61 Å². The SMILES string of the molecule is CC1(OC[C@@H](O)c2cnc3c(cnn3-c3ccc(C(=O)O)cc3)c2)CCC1. The van der Waals surface area contributed by atoms with E-state index >= 15 is 0 Å². The molecule has 7 heteroatoms. The molecule has 1 saturated carbocycles. The van der Waals surface area contributed by atoms with Gasteiger partial charge >= 0.3 is 5.97 Å². The molecule has 0 amide bonds. The lowest BCUT2D eigenvalue weighted by atomic mass is 9.82. The van der Waals surface area contributed by atoms with Crippen LogP contribution in [0.1, 0.15) is 48.2 Å². The lowest BCUT2D eigenvalue weighted by molar-refractivity contribution is -0.112. The van der Waals surface area contributed by atoms with Gasteiger partial charge in [-0.3, -0.25) is 0 Å². The number of fused-ring (bicyclic) bond motifs is 1. The highest BCUT2D eigenvalue weighted by molar-refractivity contribution is 5.87. The first kappa shape index (κ1) is 17.6. The second-order valence-corrected chi connectivity index (χ2v) is 7.22. The summed E-state index contributed by atoms with van der Waals surface area (Å²) in [4.78, 5) is 15.4. The van der Waals surface area contributed by atoms with E-state index in [1.807, 2.05) is 6.07 Å². The number of ether oxygens (including phenoxy) is 1. The molecule has 1 atom stereocenters. The number of carboxylic acid groups (broad SMARTS) is 1. The Morgan fingerprint density at radius 1 is 1.30 bits per heavy atom. The van der Waals surface area contributed by atoms with Crippen LogP contribution in [0.25, 0.3) is 16.7 Å². The number of aliphatic hydroxyl groups excluding tert-OH is 1. The molecule has 2 N–H and O–H groups in total. The minimum absolute atomic E-state index is 0.106. The van der Waals surface area contributed by atoms with E-state index in [1.54, 1.807) is 29.2 Å². The molecule has 0 saturated heterocycles. The highest BCUT2D eigenvalue weighted by Crippen LogP contribution is 2.35. The number of rotatable bonds is 6. The molecule has 1 aliphatic carbocycles. The van der Waals surface area contributed by atoms with E-state index < -0.39 is 12.1 Å². The first-order valence-electron chi connectivity index (χ1n) is 8.95. The number of hydrogen-bond acceptors (Lipinski definition) is 5. The number of pyridine rings is 1. The molecule has 0 aliphatic heterocycles. The van der Waals surface area contributed by atoms with E-state index in [4.69, 9.17) is 9.84 Å². The van der Waals surface area contributed by atoms with Gasteiger partial charge in [-0.1, -0.05) is 0 Å². The Bertz CT molecular complexity index is 977. The van der Waals surface area contributed by atoms with Gasteiger partial charge in [-0.05, 0) is 56.5 Å². The monoisotopic (exact) mass is 367 g/mol. The van der Waals surface area contributed by atoms with Crippen LogP contribution in [0.3, 0.4) is 0 Å². The molecule has 0 bridgehead atoms. The topological polar surface area (TPSA) is 97.5 Å². The van der Waals surface area contributed by atoms with Gasteiger partial charge < -0.3 is 14.9 Å². The fourth-order valence-electron chi connectivity index (χ4n) is 3.25. The first-order valence-corrected chi connectivity index (χ1v) is 8.95. The average Bonchev–Trinajstić information content (AvgIpc) is 3.07. The molecular weight excluding hydrogens is 346 g/mol. The molecule has 2 heterocycles. The Morgan fingerprint density at radius 3 is 2.67 bits per heavy atom. The standard InChI is InChI=1S/C20H21N3O4/c1-20(7-2-8-20)27-12-17(24)14-9-15-11-22-23(18(15)21-10-14)16-5-3-13(4-6-16)19(25)26/h3-6,9-11,17,24H,2,7-8,12H2,1H3,(H,25,26)/t17-/m1/s1. The predicted octanol–water partition coefficient (Wildman–Crippen LogP) is 3.11. The number of nitrogens with zero attached hydrogens (tertiary/aromatic N) is 3. The van der Waals surface area contributed by atoms with Crippen molar-refractivity contribution in [3.63, 3.8) is 0 Å². The molecule has 27 heavy (non-hydrogen) atoms. The molecule has 0 spiro atoms. The van der Waals surface area contributed by atoms with E-state index in [-0.39, 0.29) is 17.8 Å². The molecule has 1 fully saturated rings. The van der Waals surface area contributed by atoms with Gasteiger partial charge in [0.2, 0.25) is 0 Å². The number of aliphatic hydroxyl groups is 1. The van der Waals surface area contributed by atoms with Crippen LogP contribution in [0.15, 0.2) is 42.7 Å². The van der Waals surface area contributed by atoms with Crippen LogP contribution in [0.4, 0.5) is 0 Å². The Morgan fingerprint density at radius 2 is 2.04 bits per heavy atom. The quantitative estimate of drug-likeness (QED) is 0.695. The van der Waals surface area contributed by atoms with Crippen molar-refractivity contribution in [2.45, 2.75) is 37.9 Å². The van der Waals surface area contributed by atoms with Crippen molar-refractivity contribution in [3.05, 3.63) is 53.9 Å². The van der Waals surface area contributed by atoms with Gasteiger partial charge in [0.25, 0.3) is 0 Å². The number of aromatic nitrogens is 3. The summed E-state index contributed by atoms with van der Waals surface area (Å²) < 4.78 is 7.49. The van der Waals surface area contributed by atoms with Crippen LogP contribution in [-0.2, 0) is 4.74 Å². The molecule has 4 rings (SSSR count). The molecule has 7 nitrogen and oxygen atoms in total. The summed E-state index contributed by atoms with van der Waals surface area (Å²) >= 11 is 0. The molecule has 1 aliphatic rings. The van der Waals surface area contributed by atoms with Gasteiger partial charge in [-0.15, -0.1) is 0 Å². The molecule has 1 aromatic carbocycles. The summed E-state index contributed by atoms with van der Waals surface area (Å²) in [6.45, 7) is 2.32. The summed E-state index contributed by atoms with van der Waals surface area (Å²) in [6, 6.07) is 8.29. The summed E-state index contributed by atoms with van der Waals surface area (Å²) in [5.41, 5.74) is 2.16. The average molecular weight is 367 g/mol. The fraction of sp³-hybridized carbons (Fsp3) is 0.350. The summed E-state index contributed by atoms with van der Waals surface area (Å²) in [5.74, 6) is -0.971. The van der Waals surface area contributed by atoms with E-state index in [2.05, 4.69) is 17.0 Å². The van der Waals surface area contributed by atoms with Gasteiger partial charge in [0.15, 0.2) is 5.65 Å². The minimum Gasteiger partial charge on any atom is -0.478 e. The third-order valence-corrected chi connectivity index (χ3v) is 5.17. The maximum Gasteiger partial charge on any atom is 0.335 e. The number of carbonyl (C=O) groups is 1. The van der Waals surface area contributed by atoms with E-state index in [9.17, 15) is 9.90 Å². The lowest BCUT2D eigenvalue weighted by Gasteiger charge is -2.38. The van der Waals surface area contributed by atoms with Crippen molar-refractivity contribution in [1.29, 1.82) is 0 Å². The van der Waals surface area contributed by atoms with Crippen LogP contribution in [0, 0.1) is 0 Å². The molecule has 3 aromatic rings. The minimum atomic E-state index is -0.971. The van der Waals surface area contributed by atoms with Crippen molar-refractivity contribution < 1.29 is 19.7 Å². The van der Waals surface area contributed by atoms with Crippen LogP contribution in [0.2, 0.25) is 0 Å². The van der Waals surface area contributed by atoms with Crippen LogP contribution < -0.4 is 0 Å². The summed E-state index contributed by atoms with van der Waals surface area (Å²) in [5, 5.41) is 24.6. The van der Waals surface area contributed by atoms with Crippen molar-refractivity contribution in [3.8, 4) is 5.69 Å². The number of benzene rings is 1. The normalized spacial score (nSPS) is 16.8. The highest BCUT2D eigenvalue weighted by atomic mass is 16.5. The smallest absolute Gasteiger partial charge is 0.335 e. The third kappa shape index (κ3) is 3.43. The van der Waals surface area contributed by atoms with E-state index in [1.165, 1.54) is 18.6 Å². The zero-order valence-electron chi connectivity index (χ0n) is 15.0. The Balaban J connectivity index is 1.55. The predicted molar refractivity (Wildman–Crippen MR) is 99.0 cm³/mol. The molecule has 0 radical (unpaired) electrons. The molecule has 0 unspecified atom stereocenters. The van der Waals surface area contributed by atoms with Gasteiger partial charge in [0.1, 0.15) is 6.10 Å². The Kier molecular flexibility index (Phi) is 4.41. The number of aromatic carboxylic acids is 1. The lowest BCUT2D eigenvalue weighted by Crippen LogP contribution is -2.37. The zero-order chi connectivity index (χ0) is 19.0. The zero-order valence-corrected chi connectivity index (χ0v) is 15.0. The third-order valence-electron chi connectivity index (χ3n) is 5.17. The first-order chi connectivity index (χ1) is 13.0. The van der Waals surface area contributed by atoms with E-state index in [0.717, 1.165) is 23.9 Å². The van der Waals surface area contributed by atoms with Crippen molar-refractivity contribution in [1.82, 2.24) is 14.8 Å². The van der Waals surface area contributed by atoms with Crippen LogP contribution in [0.5, 0.6) is 0 Å². The maximum atomic E-state index is 11.0. The van der Waals surface area contributed by atoms with Crippen molar-refractivity contribution >= 4 is 17.0 Å². The second kappa shape index (κ2) is 6.75. The Hall–Kier alpha value is -2.77. The fourth-order valence-corrected chi connectivity index (χ4v) is 3.25. The largest absolute Gasteiger partial charge is 0.478 e. The van der Waals surface area contributed by atoms with Gasteiger partial charge in [0, 0.05) is 17.1 Å². The maximum absolute atomic E-state index is 11.0. The Labute approximate surface area is 156 Å².